The predicted molar refractivity (Wildman–Crippen MR) is 109 cm³/mol. The number of hydrogen-bond acceptors (Lipinski definition) is 6. The molecular weight excluding hydrogens is 370 g/mol. The van der Waals surface area contributed by atoms with Gasteiger partial charge in [-0.2, -0.15) is 4.98 Å². The summed E-state index contributed by atoms with van der Waals surface area (Å²) < 4.78 is 12.1. The number of pyridine rings is 1. The fourth-order valence-corrected chi connectivity index (χ4v) is 5.33. The van der Waals surface area contributed by atoms with Crippen LogP contribution in [-0.2, 0) is 6.61 Å². The second-order valence-corrected chi connectivity index (χ2v) is 9.15. The Labute approximate surface area is 167 Å². The monoisotopic (exact) mass is 391 g/mol. The second kappa shape index (κ2) is 6.29. The molecule has 6 heteroatoms. The Balaban J connectivity index is 1.27. The van der Waals surface area contributed by atoms with Crippen molar-refractivity contribution in [1.82, 2.24) is 15.3 Å². The number of thiazole rings is 1. The Morgan fingerprint density at radius 2 is 1.93 bits per heavy atom. The summed E-state index contributed by atoms with van der Waals surface area (Å²) in [7, 11) is 0. The molecule has 4 aliphatic rings. The van der Waals surface area contributed by atoms with Crippen LogP contribution in [0.4, 0.5) is 0 Å². The lowest BCUT2D eigenvalue weighted by atomic mass is 9.81. The fraction of sp³-hybridized carbons (Fsp3) is 0.364. The van der Waals surface area contributed by atoms with Gasteiger partial charge in [0.15, 0.2) is 0 Å². The number of ether oxygens (including phenoxy) is 2. The van der Waals surface area contributed by atoms with Gasteiger partial charge in [0.1, 0.15) is 12.7 Å². The van der Waals surface area contributed by atoms with Gasteiger partial charge in [0, 0.05) is 29.9 Å². The summed E-state index contributed by atoms with van der Waals surface area (Å²) >= 11 is 1.71. The van der Waals surface area contributed by atoms with Crippen molar-refractivity contribution in [2.45, 2.75) is 51.0 Å². The first-order valence-corrected chi connectivity index (χ1v) is 10.7. The van der Waals surface area contributed by atoms with Crippen LogP contribution >= 0.6 is 11.3 Å². The lowest BCUT2D eigenvalue weighted by Gasteiger charge is -2.46. The summed E-state index contributed by atoms with van der Waals surface area (Å²) in [5.41, 5.74) is 4.60. The Morgan fingerprint density at radius 3 is 2.71 bits per heavy atom. The third-order valence-electron chi connectivity index (χ3n) is 5.92. The van der Waals surface area contributed by atoms with Crippen molar-refractivity contribution in [3.05, 3.63) is 47.1 Å². The normalized spacial score (nSPS) is 24.5. The average molecular weight is 391 g/mol. The molecule has 0 amide bonds. The summed E-state index contributed by atoms with van der Waals surface area (Å²) in [4.78, 5) is 10.2. The number of benzene rings is 1. The van der Waals surface area contributed by atoms with Gasteiger partial charge in [-0.05, 0) is 55.0 Å². The number of hydrogen-bond donors (Lipinski definition) is 1. The molecule has 0 radical (unpaired) electrons. The summed E-state index contributed by atoms with van der Waals surface area (Å²) in [6, 6.07) is 11.8. The van der Waals surface area contributed by atoms with Crippen LogP contribution in [0.2, 0.25) is 0 Å². The number of fused-ring (bicyclic) bond motifs is 5. The maximum atomic E-state index is 6.15. The van der Waals surface area contributed by atoms with Gasteiger partial charge in [-0.25, -0.2) is 4.98 Å². The zero-order valence-corrected chi connectivity index (χ0v) is 16.5. The molecule has 28 heavy (non-hydrogen) atoms. The number of rotatable bonds is 3. The highest BCUT2D eigenvalue weighted by Crippen LogP contribution is 2.40. The van der Waals surface area contributed by atoms with Crippen LogP contribution in [0, 0.1) is 6.92 Å². The van der Waals surface area contributed by atoms with Crippen molar-refractivity contribution in [3.63, 3.8) is 0 Å². The third kappa shape index (κ3) is 2.79. The van der Waals surface area contributed by atoms with Crippen molar-refractivity contribution in [2.24, 2.45) is 0 Å². The van der Waals surface area contributed by atoms with Gasteiger partial charge in [0.25, 0.3) is 0 Å². The Kier molecular flexibility index (Phi) is 3.71. The summed E-state index contributed by atoms with van der Waals surface area (Å²) in [6.45, 7) is 2.56. The molecular formula is C22H21N3O2S. The van der Waals surface area contributed by atoms with E-state index >= 15 is 0 Å². The summed E-state index contributed by atoms with van der Waals surface area (Å²) in [5.74, 6) is 1.34. The molecule has 2 saturated heterocycles. The van der Waals surface area contributed by atoms with Crippen molar-refractivity contribution in [3.8, 4) is 33.3 Å². The molecule has 1 aliphatic carbocycles. The molecule has 1 unspecified atom stereocenters. The van der Waals surface area contributed by atoms with Gasteiger partial charge < -0.3 is 14.8 Å². The molecule has 3 aromatic rings. The highest BCUT2D eigenvalue weighted by atomic mass is 32.1. The molecule has 3 atom stereocenters. The lowest BCUT2D eigenvalue weighted by molar-refractivity contribution is 0.0521. The number of aromatic nitrogens is 2. The van der Waals surface area contributed by atoms with Crippen LogP contribution in [-0.4, -0.2) is 28.2 Å². The standard InChI is InChI=1S/C22H21N3O2S/c1-12-23-10-20(28-12)13-2-3-18-14(6-13)11-26-22-19(18)4-5-21(25-22)27-17-8-15-7-16(9-17)24-15/h2-6,10,15-17,24H,7-9,11H2,1H3/t15-,16+,17?. The van der Waals surface area contributed by atoms with E-state index < -0.39 is 0 Å². The highest BCUT2D eigenvalue weighted by molar-refractivity contribution is 7.15. The highest BCUT2D eigenvalue weighted by Gasteiger charge is 2.38. The molecule has 142 valence electrons. The van der Waals surface area contributed by atoms with E-state index in [-0.39, 0.29) is 6.10 Å². The van der Waals surface area contributed by atoms with Crippen LogP contribution in [0.3, 0.4) is 0 Å². The Bertz CT molecular complexity index is 1050. The van der Waals surface area contributed by atoms with Gasteiger partial charge in [-0.1, -0.05) is 12.1 Å². The maximum Gasteiger partial charge on any atom is 0.225 e. The van der Waals surface area contributed by atoms with Gasteiger partial charge in [0.05, 0.1) is 9.88 Å². The van der Waals surface area contributed by atoms with Gasteiger partial charge >= 0.3 is 0 Å². The SMILES string of the molecule is Cc1ncc(-c2ccc3c(c2)COc2nc(OC4C[C@@H]5C[C@H](C4)N5)ccc2-3)s1. The molecule has 7 rings (SSSR count). The molecule has 5 nitrogen and oxygen atoms in total. The number of nitrogens with zero attached hydrogens (tertiary/aromatic N) is 2. The van der Waals surface area contributed by atoms with E-state index in [1.165, 1.54) is 28.0 Å². The fourth-order valence-electron chi connectivity index (χ4n) is 4.55. The molecule has 1 saturated carbocycles. The van der Waals surface area contributed by atoms with Crippen LogP contribution in [0.1, 0.15) is 29.8 Å². The summed E-state index contributed by atoms with van der Waals surface area (Å²) in [6.07, 6.45) is 5.63. The smallest absolute Gasteiger partial charge is 0.225 e. The third-order valence-corrected chi connectivity index (χ3v) is 6.88. The first kappa shape index (κ1) is 16.5. The van der Waals surface area contributed by atoms with E-state index in [0.29, 0.717) is 30.5 Å². The van der Waals surface area contributed by atoms with Crippen molar-refractivity contribution < 1.29 is 9.47 Å². The van der Waals surface area contributed by atoms with Gasteiger partial charge in [-0.3, -0.25) is 0 Å². The Morgan fingerprint density at radius 1 is 1.11 bits per heavy atom. The van der Waals surface area contributed by atoms with Crippen LogP contribution < -0.4 is 14.8 Å². The van der Waals surface area contributed by atoms with Crippen LogP contribution in [0.15, 0.2) is 36.5 Å². The van der Waals surface area contributed by atoms with E-state index in [2.05, 4.69) is 39.6 Å². The minimum atomic E-state index is 0.261. The van der Waals surface area contributed by atoms with Crippen molar-refractivity contribution >= 4 is 11.3 Å². The van der Waals surface area contributed by atoms with Gasteiger partial charge in [0.2, 0.25) is 11.8 Å². The number of piperidine rings is 1. The average Bonchev–Trinajstić information content (AvgIpc) is 3.13. The summed E-state index contributed by atoms with van der Waals surface area (Å²) in [5, 5.41) is 4.63. The molecule has 1 aromatic carbocycles. The van der Waals surface area contributed by atoms with E-state index in [1.807, 2.05) is 19.2 Å². The lowest BCUT2D eigenvalue weighted by Crippen LogP contribution is -2.60. The van der Waals surface area contributed by atoms with Gasteiger partial charge in [-0.15, -0.1) is 11.3 Å². The zero-order valence-electron chi connectivity index (χ0n) is 15.6. The molecule has 3 fully saturated rings. The second-order valence-electron chi connectivity index (χ2n) is 7.91. The van der Waals surface area contributed by atoms with Crippen LogP contribution in [0.25, 0.3) is 21.6 Å². The largest absolute Gasteiger partial charge is 0.474 e. The molecule has 1 N–H and O–H groups in total. The van der Waals surface area contributed by atoms with E-state index in [9.17, 15) is 0 Å². The number of aryl methyl sites for hydroxylation is 1. The quantitative estimate of drug-likeness (QED) is 0.720. The number of nitrogens with one attached hydrogen (secondary N) is 1. The minimum Gasteiger partial charge on any atom is -0.474 e. The minimum absolute atomic E-state index is 0.261. The molecule has 0 spiro atoms. The molecule has 3 aliphatic heterocycles. The molecule has 2 bridgehead atoms. The first-order valence-electron chi connectivity index (χ1n) is 9.84. The first-order chi connectivity index (χ1) is 13.7. The molecule has 5 heterocycles. The van der Waals surface area contributed by atoms with Crippen LogP contribution in [0.5, 0.6) is 11.8 Å². The topological polar surface area (TPSA) is 56.3 Å². The van der Waals surface area contributed by atoms with Crippen molar-refractivity contribution in [2.75, 3.05) is 0 Å². The van der Waals surface area contributed by atoms with Crippen molar-refractivity contribution in [1.29, 1.82) is 0 Å². The molecule has 2 aromatic heterocycles. The Hall–Kier alpha value is -2.44. The van der Waals surface area contributed by atoms with E-state index in [4.69, 9.17) is 9.47 Å². The van der Waals surface area contributed by atoms with E-state index in [1.54, 1.807) is 11.3 Å². The zero-order chi connectivity index (χ0) is 18.7. The predicted octanol–water partition coefficient (Wildman–Crippen LogP) is 4.34. The maximum absolute atomic E-state index is 6.15. The van der Waals surface area contributed by atoms with E-state index in [0.717, 1.165) is 23.4 Å².